The predicted molar refractivity (Wildman–Crippen MR) is 170 cm³/mol. The topological polar surface area (TPSA) is 94.9 Å². The second-order valence-electron chi connectivity index (χ2n) is 12.7. The number of hydrogen-bond acceptors (Lipinski definition) is 7. The van der Waals surface area contributed by atoms with E-state index in [0.29, 0.717) is 28.4 Å². The maximum atomic E-state index is 14.0. The molecule has 2 atom stereocenters. The molecule has 0 aliphatic carbocycles. The Morgan fingerprint density at radius 2 is 1.88 bits per heavy atom. The van der Waals surface area contributed by atoms with E-state index in [1.165, 1.54) is 11.3 Å². The van der Waals surface area contributed by atoms with Gasteiger partial charge < -0.3 is 24.1 Å². The third-order valence-electron chi connectivity index (χ3n) is 7.72. The predicted octanol–water partition coefficient (Wildman–Crippen LogP) is 5.87. The summed E-state index contributed by atoms with van der Waals surface area (Å²) in [5.74, 6) is 1.21. The highest BCUT2D eigenvalue weighted by molar-refractivity contribution is 7.21. The summed E-state index contributed by atoms with van der Waals surface area (Å²) < 4.78 is 21.0. The largest absolute Gasteiger partial charge is 0.456 e. The highest BCUT2D eigenvalue weighted by Gasteiger charge is 2.45. The fourth-order valence-corrected chi connectivity index (χ4v) is 7.51. The van der Waals surface area contributed by atoms with Gasteiger partial charge in [0.1, 0.15) is 11.5 Å². The summed E-state index contributed by atoms with van der Waals surface area (Å²) >= 11 is 1.39. The van der Waals surface area contributed by atoms with Crippen molar-refractivity contribution < 1.29 is 23.5 Å². The first-order valence-corrected chi connectivity index (χ1v) is 16.3. The number of pyridine rings is 1. The van der Waals surface area contributed by atoms with E-state index in [1.54, 1.807) is 24.9 Å². The molecule has 5 rings (SSSR count). The smallest absolute Gasteiger partial charge is 0.325 e. The summed E-state index contributed by atoms with van der Waals surface area (Å²) in [6.45, 7) is 13.2. The molecule has 1 aliphatic heterocycles. The minimum atomic E-state index is -0.819. The van der Waals surface area contributed by atoms with E-state index in [-0.39, 0.29) is 29.1 Å². The lowest BCUT2D eigenvalue weighted by Gasteiger charge is -2.39. The summed E-state index contributed by atoms with van der Waals surface area (Å²) in [6.07, 6.45) is 2.38. The average Bonchev–Trinajstić information content (AvgIpc) is 3.66. The molecule has 1 saturated heterocycles. The van der Waals surface area contributed by atoms with Crippen LogP contribution in [0.3, 0.4) is 0 Å². The maximum absolute atomic E-state index is 14.0. The number of carbonyl (C=O) groups is 2. The van der Waals surface area contributed by atoms with Crippen LogP contribution in [0.25, 0.3) is 21.1 Å². The van der Waals surface area contributed by atoms with Gasteiger partial charge in [-0.25, -0.2) is 4.79 Å². The monoisotopic (exact) mass is 608 g/mol. The van der Waals surface area contributed by atoms with Gasteiger partial charge in [0.15, 0.2) is 9.76 Å². The number of nitrogens with one attached hydrogen (secondary N) is 1. The van der Waals surface area contributed by atoms with Gasteiger partial charge in [0.25, 0.3) is 5.91 Å². The third kappa shape index (κ3) is 5.96. The number of carbonyl (C=O) groups excluding carboxylic acids is 2. The summed E-state index contributed by atoms with van der Waals surface area (Å²) in [6, 6.07) is 11.0. The van der Waals surface area contributed by atoms with E-state index < -0.39 is 15.4 Å². The number of likely N-dealkylation sites (tertiary alicyclic amines) is 1. The molecule has 4 aromatic rings. The Balaban J connectivity index is 1.42. The summed E-state index contributed by atoms with van der Waals surface area (Å²) in [5.41, 5.74) is 1.85. The molecule has 0 spiro atoms. The minimum absolute atomic E-state index is 0.0404. The van der Waals surface area contributed by atoms with E-state index in [2.05, 4.69) is 44.9 Å². The Morgan fingerprint density at radius 3 is 2.57 bits per heavy atom. The number of fused-ring (bicyclic) bond motifs is 2. The van der Waals surface area contributed by atoms with Crippen molar-refractivity contribution in [1.82, 2.24) is 19.8 Å². The molecule has 4 heterocycles. The standard InChI is InChI=1S/C31H40N4O5SSi/c1-18-13-19-14-20(9-10-23(19)35(18)29(37)32-7)39-24-11-12-33-22-16-25(41-27(22)24)28(36)34-17-21(38-8)15-26(34)31(5,6)40-42-30(2,3)4/h9-14,16,21,26H,15,17,42H2,1-8H3,(H,32,37). The summed E-state index contributed by atoms with van der Waals surface area (Å²) in [4.78, 5) is 33.4. The third-order valence-corrected chi connectivity index (χ3v) is 10.6. The van der Waals surface area contributed by atoms with Crippen LogP contribution in [0.5, 0.6) is 11.5 Å². The van der Waals surface area contributed by atoms with E-state index >= 15 is 0 Å². The molecule has 11 heteroatoms. The van der Waals surface area contributed by atoms with Crippen molar-refractivity contribution in [3.05, 3.63) is 53.2 Å². The molecule has 0 radical (unpaired) electrons. The number of ether oxygens (including phenoxy) is 2. The number of methoxy groups -OCH3 is 1. The number of aryl methyl sites for hydroxylation is 1. The second-order valence-corrected chi connectivity index (χ2v) is 16.4. The van der Waals surface area contributed by atoms with Crippen molar-refractivity contribution >= 4 is 54.2 Å². The zero-order chi connectivity index (χ0) is 30.4. The Hall–Kier alpha value is -3.25. The van der Waals surface area contributed by atoms with Crippen LogP contribution in [0.1, 0.15) is 56.4 Å². The number of nitrogens with zero attached hydrogens (tertiary/aromatic N) is 3. The molecule has 0 saturated carbocycles. The zero-order valence-corrected chi connectivity index (χ0v) is 27.8. The molecular weight excluding hydrogens is 569 g/mol. The number of aromatic nitrogens is 2. The van der Waals surface area contributed by atoms with Crippen molar-refractivity contribution in [2.45, 2.75) is 70.7 Å². The van der Waals surface area contributed by atoms with Crippen LogP contribution in [-0.4, -0.2) is 74.6 Å². The van der Waals surface area contributed by atoms with E-state index in [9.17, 15) is 9.59 Å². The molecule has 9 nitrogen and oxygen atoms in total. The highest BCUT2D eigenvalue weighted by atomic mass is 32.1. The van der Waals surface area contributed by atoms with E-state index in [1.807, 2.05) is 48.2 Å². The Bertz CT molecular complexity index is 1640. The SMILES string of the molecule is CNC(=O)n1c(C)cc2cc(Oc3ccnc4cc(C(=O)N5CC(OC)CC5C(C)(C)O[SiH2]C(C)(C)C)sc34)ccc21. The van der Waals surface area contributed by atoms with Crippen molar-refractivity contribution in [3.63, 3.8) is 0 Å². The van der Waals surface area contributed by atoms with Gasteiger partial charge in [-0.15, -0.1) is 11.3 Å². The molecular formula is C31H40N4O5SSi. The van der Waals surface area contributed by atoms with Gasteiger partial charge in [-0.3, -0.25) is 14.3 Å². The molecule has 0 bridgehead atoms. The molecule has 224 valence electrons. The number of rotatable bonds is 7. The van der Waals surface area contributed by atoms with Crippen LogP contribution >= 0.6 is 11.3 Å². The van der Waals surface area contributed by atoms with Gasteiger partial charge in [-0.05, 0) is 62.6 Å². The molecule has 1 N–H and O–H groups in total. The van der Waals surface area contributed by atoms with Crippen molar-refractivity contribution in [3.8, 4) is 11.5 Å². The second kappa shape index (κ2) is 11.4. The first-order valence-electron chi connectivity index (χ1n) is 14.2. The van der Waals surface area contributed by atoms with Crippen LogP contribution in [0, 0.1) is 6.92 Å². The molecule has 2 amide bonds. The summed E-state index contributed by atoms with van der Waals surface area (Å²) in [7, 11) is 2.50. The Labute approximate surface area is 253 Å². The van der Waals surface area contributed by atoms with Crippen LogP contribution < -0.4 is 10.1 Å². The highest BCUT2D eigenvalue weighted by Crippen LogP contribution is 2.39. The van der Waals surface area contributed by atoms with Crippen LogP contribution in [0.4, 0.5) is 4.79 Å². The van der Waals surface area contributed by atoms with Gasteiger partial charge in [-0.1, -0.05) is 20.8 Å². The van der Waals surface area contributed by atoms with Crippen molar-refractivity contribution in [2.24, 2.45) is 0 Å². The molecule has 1 aliphatic rings. The van der Waals surface area contributed by atoms with Gasteiger partial charge >= 0.3 is 6.03 Å². The number of hydrogen-bond donors (Lipinski definition) is 1. The van der Waals surface area contributed by atoms with Gasteiger partial charge in [0, 0.05) is 44.0 Å². The van der Waals surface area contributed by atoms with E-state index in [0.717, 1.165) is 27.7 Å². The van der Waals surface area contributed by atoms with Gasteiger partial charge in [0.05, 0.1) is 38.4 Å². The fraction of sp³-hybridized carbons (Fsp3) is 0.452. The molecule has 1 aromatic carbocycles. The lowest BCUT2D eigenvalue weighted by molar-refractivity contribution is 0.0178. The first-order chi connectivity index (χ1) is 19.8. The first kappa shape index (κ1) is 30.2. The fourth-order valence-electron chi connectivity index (χ4n) is 5.50. The van der Waals surface area contributed by atoms with E-state index in [4.69, 9.17) is 13.9 Å². The number of amides is 2. The lowest BCUT2D eigenvalue weighted by Crippen LogP contribution is -2.50. The van der Waals surface area contributed by atoms with Gasteiger partial charge in [-0.2, -0.15) is 0 Å². The van der Waals surface area contributed by atoms with Crippen molar-refractivity contribution in [2.75, 3.05) is 20.7 Å². The normalized spacial score (nSPS) is 18.0. The van der Waals surface area contributed by atoms with Crippen LogP contribution in [0.2, 0.25) is 5.04 Å². The van der Waals surface area contributed by atoms with Crippen molar-refractivity contribution in [1.29, 1.82) is 0 Å². The Kier molecular flexibility index (Phi) is 8.23. The molecule has 1 fully saturated rings. The summed E-state index contributed by atoms with van der Waals surface area (Å²) in [5, 5.41) is 3.72. The average molecular weight is 609 g/mol. The zero-order valence-electron chi connectivity index (χ0n) is 25.6. The minimum Gasteiger partial charge on any atom is -0.456 e. The molecule has 42 heavy (non-hydrogen) atoms. The maximum Gasteiger partial charge on any atom is 0.325 e. The lowest BCUT2D eigenvalue weighted by atomic mass is 9.96. The van der Waals surface area contributed by atoms with Gasteiger partial charge in [0.2, 0.25) is 0 Å². The Morgan fingerprint density at radius 1 is 1.12 bits per heavy atom. The van der Waals surface area contributed by atoms with Crippen LogP contribution in [-0.2, 0) is 9.16 Å². The molecule has 2 unspecified atom stereocenters. The molecule has 3 aromatic heterocycles. The van der Waals surface area contributed by atoms with Crippen LogP contribution in [0.15, 0.2) is 42.6 Å². The number of benzene rings is 1. The number of thiophene rings is 1. The quantitative estimate of drug-likeness (QED) is 0.264.